The van der Waals surface area contributed by atoms with Crippen molar-refractivity contribution in [3.63, 3.8) is 0 Å². The largest absolute Gasteiger partial charge is 0.325 e. The predicted octanol–water partition coefficient (Wildman–Crippen LogP) is 4.24. The molecule has 0 heterocycles. The first-order chi connectivity index (χ1) is 11.6. The molecule has 0 bridgehead atoms. The smallest absolute Gasteiger partial charge is 0.241 e. The Balaban J connectivity index is 1.61. The van der Waals surface area contributed by atoms with Gasteiger partial charge in [-0.15, -0.1) is 0 Å². The van der Waals surface area contributed by atoms with Crippen molar-refractivity contribution in [3.8, 4) is 0 Å². The number of nitrogens with one attached hydrogen (secondary N) is 2. The maximum Gasteiger partial charge on any atom is 0.241 e. The fraction of sp³-hybridized carbons (Fsp3) is 0.381. The zero-order valence-corrected chi connectivity index (χ0v) is 14.5. The van der Waals surface area contributed by atoms with E-state index in [1.54, 1.807) is 0 Å². The van der Waals surface area contributed by atoms with Gasteiger partial charge in [0.05, 0.1) is 6.04 Å². The molecule has 2 atom stereocenters. The monoisotopic (exact) mass is 322 g/mol. The molecule has 0 saturated carbocycles. The Kier molecular flexibility index (Phi) is 5.31. The molecule has 0 radical (unpaired) electrons. The summed E-state index contributed by atoms with van der Waals surface area (Å²) in [6.45, 7) is 4.03. The second-order valence-electron chi connectivity index (χ2n) is 6.70. The third kappa shape index (κ3) is 4.04. The minimum atomic E-state index is -0.253. The molecular formula is C21H26N2O. The number of rotatable bonds is 5. The first kappa shape index (κ1) is 16.7. The molecule has 3 rings (SSSR count). The van der Waals surface area contributed by atoms with Crippen LogP contribution in [0, 0.1) is 0 Å². The number of carbonyl (C=O) groups excluding carboxylic acids is 1. The van der Waals surface area contributed by atoms with E-state index in [4.69, 9.17) is 0 Å². The van der Waals surface area contributed by atoms with E-state index in [1.807, 2.05) is 37.3 Å². The van der Waals surface area contributed by atoms with Crippen LogP contribution in [0.1, 0.15) is 49.4 Å². The summed E-state index contributed by atoms with van der Waals surface area (Å²) in [7, 11) is 0. The van der Waals surface area contributed by atoms with Crippen LogP contribution in [0.5, 0.6) is 0 Å². The molecule has 2 aromatic carbocycles. The van der Waals surface area contributed by atoms with E-state index in [1.165, 1.54) is 42.4 Å². The molecule has 1 aliphatic rings. The number of fused-ring (bicyclic) bond motifs is 1. The highest BCUT2D eigenvalue weighted by Gasteiger charge is 2.18. The SMILES string of the molecule is C[C@H](N[C@H](C)c1ccc2c(c1)CCCC2)C(=O)Nc1ccccc1. The van der Waals surface area contributed by atoms with Crippen LogP contribution in [0.4, 0.5) is 5.69 Å². The number of benzene rings is 2. The molecular weight excluding hydrogens is 296 g/mol. The number of amides is 1. The van der Waals surface area contributed by atoms with Gasteiger partial charge in [-0.2, -0.15) is 0 Å². The topological polar surface area (TPSA) is 41.1 Å². The van der Waals surface area contributed by atoms with Crippen molar-refractivity contribution in [2.45, 2.75) is 51.6 Å². The number of hydrogen-bond acceptors (Lipinski definition) is 2. The van der Waals surface area contributed by atoms with Crippen molar-refractivity contribution in [1.82, 2.24) is 5.32 Å². The molecule has 0 unspecified atom stereocenters. The molecule has 126 valence electrons. The Morgan fingerprint density at radius 3 is 2.42 bits per heavy atom. The summed E-state index contributed by atoms with van der Waals surface area (Å²) < 4.78 is 0. The van der Waals surface area contributed by atoms with Gasteiger partial charge < -0.3 is 5.32 Å². The fourth-order valence-corrected chi connectivity index (χ4v) is 3.34. The van der Waals surface area contributed by atoms with Gasteiger partial charge >= 0.3 is 0 Å². The molecule has 0 fully saturated rings. The van der Waals surface area contributed by atoms with Crippen LogP contribution in [-0.2, 0) is 17.6 Å². The molecule has 2 aromatic rings. The van der Waals surface area contributed by atoms with Crippen LogP contribution >= 0.6 is 0 Å². The van der Waals surface area contributed by atoms with Crippen LogP contribution in [-0.4, -0.2) is 11.9 Å². The molecule has 1 amide bonds. The third-order valence-electron chi connectivity index (χ3n) is 4.81. The molecule has 0 spiro atoms. The van der Waals surface area contributed by atoms with Gasteiger partial charge in [0.15, 0.2) is 0 Å². The molecule has 1 aliphatic carbocycles. The van der Waals surface area contributed by atoms with Gasteiger partial charge in [0.25, 0.3) is 0 Å². The summed E-state index contributed by atoms with van der Waals surface area (Å²) in [5, 5.41) is 6.36. The molecule has 3 heteroatoms. The highest BCUT2D eigenvalue weighted by Crippen LogP contribution is 2.25. The summed E-state index contributed by atoms with van der Waals surface area (Å²) in [6.07, 6.45) is 4.97. The standard InChI is InChI=1S/C21H26N2O/c1-15(18-13-12-17-8-6-7-9-19(17)14-18)22-16(2)21(24)23-20-10-4-3-5-11-20/h3-5,10-16,22H,6-9H2,1-2H3,(H,23,24)/t15-,16+/m1/s1. The lowest BCUT2D eigenvalue weighted by Crippen LogP contribution is -2.39. The van der Waals surface area contributed by atoms with Gasteiger partial charge in [-0.25, -0.2) is 0 Å². The van der Waals surface area contributed by atoms with Crippen LogP contribution in [0.15, 0.2) is 48.5 Å². The summed E-state index contributed by atoms with van der Waals surface area (Å²) in [5.74, 6) is -0.00832. The Morgan fingerprint density at radius 2 is 1.67 bits per heavy atom. The molecule has 24 heavy (non-hydrogen) atoms. The van der Waals surface area contributed by atoms with Crippen LogP contribution in [0.3, 0.4) is 0 Å². The van der Waals surface area contributed by atoms with E-state index < -0.39 is 0 Å². The molecule has 0 aliphatic heterocycles. The van der Waals surface area contributed by atoms with Crippen molar-refractivity contribution in [2.24, 2.45) is 0 Å². The summed E-state index contributed by atoms with van der Waals surface area (Å²) >= 11 is 0. The van der Waals surface area contributed by atoms with Crippen LogP contribution < -0.4 is 10.6 Å². The van der Waals surface area contributed by atoms with Crippen molar-refractivity contribution in [3.05, 3.63) is 65.2 Å². The molecule has 3 nitrogen and oxygen atoms in total. The molecule has 0 aromatic heterocycles. The Labute approximate surface area is 144 Å². The number of carbonyl (C=O) groups is 1. The van der Waals surface area contributed by atoms with Crippen molar-refractivity contribution in [2.75, 3.05) is 5.32 Å². The second-order valence-corrected chi connectivity index (χ2v) is 6.70. The summed E-state index contributed by atoms with van der Waals surface area (Å²) in [4.78, 5) is 12.3. The van der Waals surface area contributed by atoms with E-state index in [0.717, 1.165) is 5.69 Å². The minimum Gasteiger partial charge on any atom is -0.325 e. The lowest BCUT2D eigenvalue weighted by Gasteiger charge is -2.22. The van der Waals surface area contributed by atoms with Gasteiger partial charge in [0.1, 0.15) is 0 Å². The van der Waals surface area contributed by atoms with Gasteiger partial charge in [-0.1, -0.05) is 36.4 Å². The van der Waals surface area contributed by atoms with Gasteiger partial charge in [-0.3, -0.25) is 10.1 Å². The summed E-state index contributed by atoms with van der Waals surface area (Å²) in [5.41, 5.74) is 5.06. The second kappa shape index (κ2) is 7.63. The Hall–Kier alpha value is -2.13. The average molecular weight is 322 g/mol. The highest BCUT2D eigenvalue weighted by atomic mass is 16.2. The van der Waals surface area contributed by atoms with Gasteiger partial charge in [-0.05, 0) is 68.4 Å². The zero-order chi connectivity index (χ0) is 16.9. The number of para-hydroxylation sites is 1. The van der Waals surface area contributed by atoms with Crippen molar-refractivity contribution < 1.29 is 4.79 Å². The number of hydrogen-bond donors (Lipinski definition) is 2. The van der Waals surface area contributed by atoms with Crippen molar-refractivity contribution >= 4 is 11.6 Å². The number of aryl methyl sites for hydroxylation is 2. The van der Waals surface area contributed by atoms with Gasteiger partial charge in [0, 0.05) is 11.7 Å². The quantitative estimate of drug-likeness (QED) is 0.864. The average Bonchev–Trinajstić information content (AvgIpc) is 2.62. The van der Waals surface area contributed by atoms with E-state index in [-0.39, 0.29) is 18.0 Å². The highest BCUT2D eigenvalue weighted by molar-refractivity contribution is 5.94. The lowest BCUT2D eigenvalue weighted by molar-refractivity contribution is -0.117. The maximum atomic E-state index is 12.3. The lowest BCUT2D eigenvalue weighted by atomic mass is 9.89. The Morgan fingerprint density at radius 1 is 0.958 bits per heavy atom. The van der Waals surface area contributed by atoms with Crippen LogP contribution in [0.2, 0.25) is 0 Å². The van der Waals surface area contributed by atoms with E-state index >= 15 is 0 Å². The predicted molar refractivity (Wildman–Crippen MR) is 99.2 cm³/mol. The Bertz CT molecular complexity index is 696. The molecule has 0 saturated heterocycles. The van der Waals surface area contributed by atoms with E-state index in [0.29, 0.717) is 0 Å². The van der Waals surface area contributed by atoms with Crippen molar-refractivity contribution in [1.29, 1.82) is 0 Å². The maximum absolute atomic E-state index is 12.3. The van der Waals surface area contributed by atoms with Gasteiger partial charge in [0.2, 0.25) is 5.91 Å². The summed E-state index contributed by atoms with van der Waals surface area (Å²) in [6, 6.07) is 16.2. The third-order valence-corrected chi connectivity index (χ3v) is 4.81. The van der Waals surface area contributed by atoms with E-state index in [2.05, 4.69) is 35.8 Å². The van der Waals surface area contributed by atoms with E-state index in [9.17, 15) is 4.79 Å². The fourth-order valence-electron chi connectivity index (χ4n) is 3.34. The zero-order valence-electron chi connectivity index (χ0n) is 14.5. The minimum absolute atomic E-state index is 0.00832. The normalized spacial score (nSPS) is 16.1. The number of anilines is 1. The molecule has 2 N–H and O–H groups in total. The first-order valence-electron chi connectivity index (χ1n) is 8.87. The first-order valence-corrected chi connectivity index (χ1v) is 8.87. The van der Waals surface area contributed by atoms with Crippen LogP contribution in [0.25, 0.3) is 0 Å².